The molecular formula is C16H32N2O. The van der Waals surface area contributed by atoms with Gasteiger partial charge in [-0.3, -0.25) is 0 Å². The van der Waals surface area contributed by atoms with Crippen molar-refractivity contribution >= 4 is 0 Å². The van der Waals surface area contributed by atoms with Crippen molar-refractivity contribution in [1.82, 2.24) is 9.80 Å². The van der Waals surface area contributed by atoms with E-state index in [1.165, 1.54) is 39.0 Å². The fourth-order valence-electron chi connectivity index (χ4n) is 4.41. The zero-order chi connectivity index (χ0) is 14.1. The quantitative estimate of drug-likeness (QED) is 0.832. The van der Waals surface area contributed by atoms with Crippen molar-refractivity contribution in [3.05, 3.63) is 0 Å². The number of aliphatic hydroxyl groups is 1. The van der Waals surface area contributed by atoms with Crippen molar-refractivity contribution in [2.75, 3.05) is 39.8 Å². The summed E-state index contributed by atoms with van der Waals surface area (Å²) in [5.41, 5.74) is 0.133. The molecule has 19 heavy (non-hydrogen) atoms. The van der Waals surface area contributed by atoms with Crippen LogP contribution in [0.5, 0.6) is 0 Å². The molecule has 112 valence electrons. The van der Waals surface area contributed by atoms with Gasteiger partial charge in [0.2, 0.25) is 0 Å². The van der Waals surface area contributed by atoms with E-state index in [9.17, 15) is 5.11 Å². The third-order valence-electron chi connectivity index (χ3n) is 5.01. The first-order chi connectivity index (χ1) is 8.99. The molecule has 0 radical (unpaired) electrons. The van der Waals surface area contributed by atoms with E-state index in [0.717, 1.165) is 25.3 Å². The molecule has 0 aromatic carbocycles. The van der Waals surface area contributed by atoms with Gasteiger partial charge >= 0.3 is 0 Å². The molecule has 0 atom stereocenters. The standard InChI is InChI=1S/C14H26N2O.C2H6/c1-12-3-5-16(6-4-12)11-14(17)7-13(8-14)9-15(2)10-13;1-2/h12,17H,3-11H2,1-2H3;1-2H3. The van der Waals surface area contributed by atoms with Gasteiger partial charge in [0.25, 0.3) is 0 Å². The molecule has 3 nitrogen and oxygen atoms in total. The fourth-order valence-corrected chi connectivity index (χ4v) is 4.41. The summed E-state index contributed by atoms with van der Waals surface area (Å²) in [7, 11) is 2.18. The lowest BCUT2D eigenvalue weighted by atomic mass is 9.55. The van der Waals surface area contributed by atoms with E-state index in [0.29, 0.717) is 5.41 Å². The number of piperidine rings is 1. The summed E-state index contributed by atoms with van der Waals surface area (Å²) >= 11 is 0. The van der Waals surface area contributed by atoms with Crippen molar-refractivity contribution in [1.29, 1.82) is 0 Å². The minimum Gasteiger partial charge on any atom is -0.389 e. The molecule has 0 unspecified atom stereocenters. The third kappa shape index (κ3) is 3.32. The molecule has 2 saturated heterocycles. The minimum atomic E-state index is -0.359. The van der Waals surface area contributed by atoms with Gasteiger partial charge in [-0.05, 0) is 51.7 Å². The van der Waals surface area contributed by atoms with Crippen LogP contribution in [0.1, 0.15) is 46.5 Å². The number of rotatable bonds is 2. The Morgan fingerprint density at radius 3 is 2.11 bits per heavy atom. The van der Waals surface area contributed by atoms with Gasteiger partial charge in [-0.25, -0.2) is 0 Å². The Labute approximate surface area is 119 Å². The van der Waals surface area contributed by atoms with Crippen LogP contribution in [0.2, 0.25) is 0 Å². The van der Waals surface area contributed by atoms with Crippen LogP contribution in [0.4, 0.5) is 0 Å². The maximum atomic E-state index is 10.6. The Hall–Kier alpha value is -0.120. The molecule has 1 spiro atoms. The van der Waals surface area contributed by atoms with Gasteiger partial charge in [-0.15, -0.1) is 0 Å². The smallest absolute Gasteiger partial charge is 0.0786 e. The molecule has 1 N–H and O–H groups in total. The average molecular weight is 268 g/mol. The van der Waals surface area contributed by atoms with Crippen LogP contribution in [-0.4, -0.2) is 60.3 Å². The number of hydrogen-bond acceptors (Lipinski definition) is 3. The minimum absolute atomic E-state index is 0.359. The second-order valence-electron chi connectivity index (χ2n) is 7.21. The Bertz CT molecular complexity index is 283. The second-order valence-corrected chi connectivity index (χ2v) is 7.21. The number of nitrogens with zero attached hydrogens (tertiary/aromatic N) is 2. The summed E-state index contributed by atoms with van der Waals surface area (Å²) in [6.45, 7) is 12.0. The van der Waals surface area contributed by atoms with Gasteiger partial charge in [-0.2, -0.15) is 0 Å². The van der Waals surface area contributed by atoms with Gasteiger partial charge in [0.05, 0.1) is 5.60 Å². The molecule has 0 bridgehead atoms. The van der Waals surface area contributed by atoms with Crippen LogP contribution >= 0.6 is 0 Å². The van der Waals surface area contributed by atoms with Crippen molar-refractivity contribution in [2.24, 2.45) is 11.3 Å². The van der Waals surface area contributed by atoms with Crippen LogP contribution in [0.15, 0.2) is 0 Å². The van der Waals surface area contributed by atoms with Crippen LogP contribution < -0.4 is 0 Å². The van der Waals surface area contributed by atoms with E-state index in [1.807, 2.05) is 13.8 Å². The molecule has 1 aliphatic carbocycles. The lowest BCUT2D eigenvalue weighted by Crippen LogP contribution is -2.69. The van der Waals surface area contributed by atoms with Crippen molar-refractivity contribution < 1.29 is 5.11 Å². The van der Waals surface area contributed by atoms with Crippen LogP contribution in [0, 0.1) is 11.3 Å². The van der Waals surface area contributed by atoms with Crippen LogP contribution in [0.3, 0.4) is 0 Å². The van der Waals surface area contributed by atoms with Gasteiger partial charge in [-0.1, -0.05) is 20.8 Å². The first kappa shape index (κ1) is 15.3. The summed E-state index contributed by atoms with van der Waals surface area (Å²) < 4.78 is 0. The maximum Gasteiger partial charge on any atom is 0.0786 e. The fraction of sp³-hybridized carbons (Fsp3) is 1.00. The highest BCUT2D eigenvalue weighted by Gasteiger charge is 2.58. The maximum absolute atomic E-state index is 10.6. The highest BCUT2D eigenvalue weighted by atomic mass is 16.3. The number of likely N-dealkylation sites (tertiary alicyclic amines) is 2. The number of hydrogen-bond donors (Lipinski definition) is 1. The molecule has 1 saturated carbocycles. The zero-order valence-corrected chi connectivity index (χ0v) is 13.3. The molecule has 0 amide bonds. The Balaban J connectivity index is 0.000000637. The van der Waals surface area contributed by atoms with E-state index in [4.69, 9.17) is 0 Å². The largest absolute Gasteiger partial charge is 0.389 e. The van der Waals surface area contributed by atoms with Gasteiger partial charge < -0.3 is 14.9 Å². The van der Waals surface area contributed by atoms with E-state index in [-0.39, 0.29) is 5.60 Å². The van der Waals surface area contributed by atoms with Gasteiger partial charge in [0.15, 0.2) is 0 Å². The molecule has 2 heterocycles. The Morgan fingerprint density at radius 1 is 1.11 bits per heavy atom. The molecule has 0 aromatic rings. The average Bonchev–Trinajstić information content (AvgIpc) is 2.31. The second kappa shape index (κ2) is 5.71. The predicted molar refractivity (Wildman–Crippen MR) is 80.3 cm³/mol. The highest BCUT2D eigenvalue weighted by molar-refractivity contribution is 5.11. The van der Waals surface area contributed by atoms with Crippen molar-refractivity contribution in [3.8, 4) is 0 Å². The van der Waals surface area contributed by atoms with Gasteiger partial charge in [0.1, 0.15) is 0 Å². The van der Waals surface area contributed by atoms with Gasteiger partial charge in [0, 0.05) is 25.0 Å². The topological polar surface area (TPSA) is 26.7 Å². The molecule has 3 rings (SSSR count). The molecule has 3 heteroatoms. The van der Waals surface area contributed by atoms with Crippen LogP contribution in [-0.2, 0) is 0 Å². The summed E-state index contributed by atoms with van der Waals surface area (Å²) in [6, 6.07) is 0. The summed E-state index contributed by atoms with van der Waals surface area (Å²) in [4.78, 5) is 4.84. The molecular weight excluding hydrogens is 236 g/mol. The SMILES string of the molecule is CC.CC1CCN(CC2(O)CC3(CN(C)C3)C2)CC1. The third-order valence-corrected chi connectivity index (χ3v) is 5.01. The van der Waals surface area contributed by atoms with Crippen LogP contribution in [0.25, 0.3) is 0 Å². The zero-order valence-electron chi connectivity index (χ0n) is 13.3. The Kier molecular flexibility index (Phi) is 4.59. The number of β-amino-alcohol motifs (C(OH)–C–C–N with tert-alkyl or cyclic N) is 1. The van der Waals surface area contributed by atoms with E-state index >= 15 is 0 Å². The van der Waals surface area contributed by atoms with Crippen molar-refractivity contribution in [2.45, 2.75) is 52.1 Å². The molecule has 3 fully saturated rings. The van der Waals surface area contributed by atoms with E-state index in [1.54, 1.807) is 0 Å². The Morgan fingerprint density at radius 2 is 1.63 bits per heavy atom. The highest BCUT2D eigenvalue weighted by Crippen LogP contribution is 2.53. The van der Waals surface area contributed by atoms with E-state index in [2.05, 4.69) is 23.8 Å². The first-order valence-electron chi connectivity index (χ1n) is 8.12. The summed E-state index contributed by atoms with van der Waals surface area (Å²) in [5.74, 6) is 0.883. The monoisotopic (exact) mass is 268 g/mol. The van der Waals surface area contributed by atoms with Crippen molar-refractivity contribution in [3.63, 3.8) is 0 Å². The molecule has 3 aliphatic rings. The molecule has 0 aromatic heterocycles. The lowest BCUT2D eigenvalue weighted by molar-refractivity contribution is -0.193. The van der Waals surface area contributed by atoms with E-state index < -0.39 is 0 Å². The summed E-state index contributed by atoms with van der Waals surface area (Å²) in [5, 5.41) is 10.6. The molecule has 2 aliphatic heterocycles. The normalized spacial score (nSPS) is 30.2. The first-order valence-corrected chi connectivity index (χ1v) is 8.12. The summed E-state index contributed by atoms with van der Waals surface area (Å²) in [6.07, 6.45) is 4.70. The predicted octanol–water partition coefficient (Wildman–Crippen LogP) is 2.20. The lowest BCUT2D eigenvalue weighted by Gasteiger charge is -2.62.